The van der Waals surface area contributed by atoms with Crippen LogP contribution >= 0.6 is 0 Å². The topological polar surface area (TPSA) is 38.5 Å². The summed E-state index contributed by atoms with van der Waals surface area (Å²) in [5.74, 6) is 2.46. The summed E-state index contributed by atoms with van der Waals surface area (Å²) in [6.45, 7) is 6.23. The lowest BCUT2D eigenvalue weighted by Crippen LogP contribution is -2.24. The van der Waals surface area contributed by atoms with Crippen LogP contribution in [0, 0.1) is 13.8 Å². The maximum Gasteiger partial charge on any atom is 0.226 e. The highest BCUT2D eigenvalue weighted by molar-refractivity contribution is 5.53. The van der Waals surface area contributed by atoms with Crippen molar-refractivity contribution in [3.63, 3.8) is 0 Å². The Bertz CT molecular complexity index is 812. The van der Waals surface area contributed by atoms with Crippen molar-refractivity contribution in [3.8, 4) is 17.2 Å². The van der Waals surface area contributed by atoms with E-state index in [9.17, 15) is 0 Å². The van der Waals surface area contributed by atoms with Crippen LogP contribution < -0.4 is 4.74 Å². The van der Waals surface area contributed by atoms with Gasteiger partial charge in [0.2, 0.25) is 5.89 Å². The molecule has 0 aliphatic heterocycles. The van der Waals surface area contributed by atoms with Crippen LogP contribution in [0.2, 0.25) is 0 Å². The van der Waals surface area contributed by atoms with Crippen molar-refractivity contribution < 1.29 is 9.15 Å². The predicted octanol–water partition coefficient (Wildman–Crippen LogP) is 4.47. The van der Waals surface area contributed by atoms with Crippen LogP contribution in [0.15, 0.2) is 59.0 Å². The van der Waals surface area contributed by atoms with Crippen LogP contribution in [0.25, 0.3) is 11.5 Å². The molecule has 4 heteroatoms. The normalized spacial score (nSPS) is 11.0. The van der Waals surface area contributed by atoms with Gasteiger partial charge in [0.1, 0.15) is 18.1 Å². The molecule has 0 amide bonds. The van der Waals surface area contributed by atoms with Crippen molar-refractivity contribution in [2.75, 3.05) is 20.2 Å². The molecule has 3 aromatic rings. The fourth-order valence-corrected chi connectivity index (χ4v) is 2.64. The van der Waals surface area contributed by atoms with Crippen LogP contribution in [-0.4, -0.2) is 30.1 Å². The van der Waals surface area contributed by atoms with Gasteiger partial charge in [-0.1, -0.05) is 30.3 Å². The monoisotopic (exact) mass is 336 g/mol. The van der Waals surface area contributed by atoms with Crippen LogP contribution in [0.1, 0.15) is 17.0 Å². The number of hydrogen-bond donors (Lipinski definition) is 0. The highest BCUT2D eigenvalue weighted by Crippen LogP contribution is 2.22. The summed E-state index contributed by atoms with van der Waals surface area (Å²) in [5.41, 5.74) is 3.18. The molecule has 0 spiro atoms. The Morgan fingerprint density at radius 2 is 1.84 bits per heavy atom. The number of ether oxygens (including phenoxy) is 1. The summed E-state index contributed by atoms with van der Waals surface area (Å²) in [5, 5.41) is 0. The van der Waals surface area contributed by atoms with Crippen molar-refractivity contribution in [1.29, 1.82) is 0 Å². The summed E-state index contributed by atoms with van der Waals surface area (Å²) in [7, 11) is 2.07. The van der Waals surface area contributed by atoms with Crippen LogP contribution in [0.3, 0.4) is 0 Å². The van der Waals surface area contributed by atoms with Crippen LogP contribution in [0.4, 0.5) is 0 Å². The minimum atomic E-state index is 0.641. The minimum absolute atomic E-state index is 0.641. The number of aromatic nitrogens is 1. The first-order chi connectivity index (χ1) is 12.1. The van der Waals surface area contributed by atoms with Crippen LogP contribution in [0.5, 0.6) is 5.75 Å². The second-order valence-corrected chi connectivity index (χ2v) is 6.29. The van der Waals surface area contributed by atoms with Gasteiger partial charge >= 0.3 is 0 Å². The first-order valence-electron chi connectivity index (χ1n) is 8.51. The Kier molecular flexibility index (Phi) is 5.51. The number of rotatable bonds is 7. The van der Waals surface area contributed by atoms with Crippen molar-refractivity contribution in [3.05, 3.63) is 71.6 Å². The molecule has 3 rings (SSSR count). The Balaban J connectivity index is 1.54. The van der Waals surface area contributed by atoms with E-state index >= 15 is 0 Å². The molecule has 2 aromatic carbocycles. The average molecular weight is 336 g/mol. The molecule has 4 nitrogen and oxygen atoms in total. The smallest absolute Gasteiger partial charge is 0.226 e. The van der Waals surface area contributed by atoms with Crippen LogP contribution in [-0.2, 0) is 6.54 Å². The van der Waals surface area contributed by atoms with E-state index in [-0.39, 0.29) is 0 Å². The molecule has 130 valence electrons. The predicted molar refractivity (Wildman–Crippen MR) is 99.7 cm³/mol. The molecule has 0 aliphatic rings. The van der Waals surface area contributed by atoms with Gasteiger partial charge in [0.25, 0.3) is 0 Å². The second-order valence-electron chi connectivity index (χ2n) is 6.29. The third-order valence-corrected chi connectivity index (χ3v) is 4.06. The molecule has 0 N–H and O–H groups in total. The largest absolute Gasteiger partial charge is 0.492 e. The van der Waals surface area contributed by atoms with Gasteiger partial charge in [-0.3, -0.25) is 4.90 Å². The molecule has 0 fully saturated rings. The number of aryl methyl sites for hydroxylation is 2. The number of oxazole rings is 1. The van der Waals surface area contributed by atoms with E-state index in [1.54, 1.807) is 0 Å². The fourth-order valence-electron chi connectivity index (χ4n) is 2.64. The molecule has 0 aliphatic carbocycles. The standard InChI is InChI=1S/C21H24N2O2/c1-16-8-7-11-19(14-16)24-13-12-23(3)15-20-17(2)25-21(22-20)18-9-5-4-6-10-18/h4-11,14H,12-13,15H2,1-3H3. The van der Waals surface area contributed by atoms with Crippen molar-refractivity contribution in [2.45, 2.75) is 20.4 Å². The highest BCUT2D eigenvalue weighted by Gasteiger charge is 2.13. The second kappa shape index (κ2) is 7.99. The Hall–Kier alpha value is -2.59. The Labute approximate surface area is 149 Å². The summed E-state index contributed by atoms with van der Waals surface area (Å²) in [6.07, 6.45) is 0. The molecule has 0 atom stereocenters. The fraction of sp³-hybridized carbons (Fsp3) is 0.286. The average Bonchev–Trinajstić information content (AvgIpc) is 2.96. The lowest BCUT2D eigenvalue weighted by molar-refractivity contribution is 0.231. The molecule has 0 saturated heterocycles. The van der Waals surface area contributed by atoms with Gasteiger partial charge in [-0.25, -0.2) is 4.98 Å². The first kappa shape index (κ1) is 17.2. The quantitative estimate of drug-likeness (QED) is 0.638. The van der Waals surface area contributed by atoms with Crippen molar-refractivity contribution in [1.82, 2.24) is 9.88 Å². The van der Waals surface area contributed by atoms with Crippen molar-refractivity contribution in [2.24, 2.45) is 0 Å². The Morgan fingerprint density at radius 3 is 2.60 bits per heavy atom. The Morgan fingerprint density at radius 1 is 1.04 bits per heavy atom. The van der Waals surface area contributed by atoms with E-state index in [1.165, 1.54) is 5.56 Å². The number of hydrogen-bond acceptors (Lipinski definition) is 4. The molecule has 0 saturated carbocycles. The number of benzene rings is 2. The number of nitrogens with zero attached hydrogens (tertiary/aromatic N) is 2. The molecule has 0 unspecified atom stereocenters. The zero-order chi connectivity index (χ0) is 17.6. The molecular weight excluding hydrogens is 312 g/mol. The molecule has 0 radical (unpaired) electrons. The zero-order valence-electron chi connectivity index (χ0n) is 15.0. The van der Waals surface area contributed by atoms with E-state index in [0.29, 0.717) is 12.5 Å². The van der Waals surface area contributed by atoms with E-state index in [2.05, 4.69) is 29.9 Å². The molecule has 25 heavy (non-hydrogen) atoms. The van der Waals surface area contributed by atoms with Gasteiger partial charge in [0.05, 0.1) is 5.69 Å². The molecular formula is C21H24N2O2. The van der Waals surface area contributed by atoms with Gasteiger partial charge in [-0.05, 0) is 50.7 Å². The highest BCUT2D eigenvalue weighted by atomic mass is 16.5. The van der Waals surface area contributed by atoms with Gasteiger partial charge in [0, 0.05) is 18.7 Å². The van der Waals surface area contributed by atoms with E-state index in [1.807, 2.05) is 55.5 Å². The third kappa shape index (κ3) is 4.70. The van der Waals surface area contributed by atoms with E-state index in [0.717, 1.165) is 35.9 Å². The summed E-state index contributed by atoms with van der Waals surface area (Å²) >= 11 is 0. The van der Waals surface area contributed by atoms with Gasteiger partial charge < -0.3 is 9.15 Å². The first-order valence-corrected chi connectivity index (χ1v) is 8.51. The molecule has 0 bridgehead atoms. The lowest BCUT2D eigenvalue weighted by atomic mass is 10.2. The lowest BCUT2D eigenvalue weighted by Gasteiger charge is -2.16. The maximum absolute atomic E-state index is 5.82. The van der Waals surface area contributed by atoms with E-state index in [4.69, 9.17) is 9.15 Å². The molecule has 1 aromatic heterocycles. The van der Waals surface area contributed by atoms with Crippen molar-refractivity contribution >= 4 is 0 Å². The van der Waals surface area contributed by atoms with E-state index < -0.39 is 0 Å². The van der Waals surface area contributed by atoms with Gasteiger partial charge in [-0.2, -0.15) is 0 Å². The SMILES string of the molecule is Cc1cccc(OCCN(C)Cc2nc(-c3ccccc3)oc2C)c1. The molecule has 1 heterocycles. The summed E-state index contributed by atoms with van der Waals surface area (Å²) < 4.78 is 11.6. The summed E-state index contributed by atoms with van der Waals surface area (Å²) in [6, 6.07) is 18.1. The van der Waals surface area contributed by atoms with Gasteiger partial charge in [-0.15, -0.1) is 0 Å². The number of likely N-dealkylation sites (N-methyl/N-ethyl adjacent to an activating group) is 1. The zero-order valence-corrected chi connectivity index (χ0v) is 15.0. The minimum Gasteiger partial charge on any atom is -0.492 e. The third-order valence-electron chi connectivity index (χ3n) is 4.06. The van der Waals surface area contributed by atoms with Gasteiger partial charge in [0.15, 0.2) is 0 Å². The summed E-state index contributed by atoms with van der Waals surface area (Å²) in [4.78, 5) is 6.84. The maximum atomic E-state index is 5.82.